The minimum atomic E-state index is -0.833. The molecule has 2 heteroatoms. The molecule has 0 aromatic heterocycles. The van der Waals surface area contributed by atoms with E-state index in [1.165, 1.54) is 12.8 Å². The summed E-state index contributed by atoms with van der Waals surface area (Å²) in [4.78, 5) is 10.8. The quantitative estimate of drug-likeness (QED) is 0.739. The molecular weight excluding hydrogens is 200 g/mol. The molecule has 3 unspecified atom stereocenters. The van der Waals surface area contributed by atoms with E-state index in [2.05, 4.69) is 27.4 Å². The molecule has 1 N–H and O–H groups in total. The van der Waals surface area contributed by atoms with Crippen molar-refractivity contribution in [2.45, 2.75) is 46.5 Å². The van der Waals surface area contributed by atoms with Gasteiger partial charge in [0.1, 0.15) is 0 Å². The van der Waals surface area contributed by atoms with Crippen LogP contribution in [-0.4, -0.2) is 11.1 Å². The third kappa shape index (κ3) is 3.36. The van der Waals surface area contributed by atoms with Crippen molar-refractivity contribution >= 4 is 5.97 Å². The molecule has 1 aliphatic rings. The summed E-state index contributed by atoms with van der Waals surface area (Å²) in [6.45, 7) is 10.4. The fourth-order valence-electron chi connectivity index (χ4n) is 3.04. The molecule has 0 aromatic carbocycles. The molecule has 0 bridgehead atoms. The van der Waals surface area contributed by atoms with Crippen LogP contribution in [0.2, 0.25) is 0 Å². The third-order valence-corrected chi connectivity index (χ3v) is 3.97. The smallest absolute Gasteiger partial charge is 0.330 e. The first-order valence-corrected chi connectivity index (χ1v) is 6.32. The molecule has 0 aromatic rings. The summed E-state index contributed by atoms with van der Waals surface area (Å²) in [6, 6.07) is 0. The van der Waals surface area contributed by atoms with Crippen LogP contribution in [0.1, 0.15) is 46.5 Å². The maximum Gasteiger partial charge on any atom is 0.330 e. The van der Waals surface area contributed by atoms with Gasteiger partial charge >= 0.3 is 5.97 Å². The second kappa shape index (κ2) is 5.51. The van der Waals surface area contributed by atoms with Crippen molar-refractivity contribution in [3.8, 4) is 0 Å². The average molecular weight is 224 g/mol. The summed E-state index contributed by atoms with van der Waals surface area (Å²) < 4.78 is 0. The van der Waals surface area contributed by atoms with Crippen LogP contribution in [0.3, 0.4) is 0 Å². The molecule has 16 heavy (non-hydrogen) atoms. The monoisotopic (exact) mass is 224 g/mol. The SMILES string of the molecule is C=C(CC1CC(C)CCC1C(C)C)C(=O)O. The Labute approximate surface area is 98.7 Å². The van der Waals surface area contributed by atoms with E-state index >= 15 is 0 Å². The second-order valence-electron chi connectivity index (χ2n) is 5.70. The second-order valence-corrected chi connectivity index (χ2v) is 5.70. The summed E-state index contributed by atoms with van der Waals surface area (Å²) in [6.07, 6.45) is 4.37. The Balaban J connectivity index is 2.64. The van der Waals surface area contributed by atoms with Crippen LogP contribution in [0.5, 0.6) is 0 Å². The molecule has 3 atom stereocenters. The number of carboxylic acids is 1. The first-order valence-electron chi connectivity index (χ1n) is 6.32. The van der Waals surface area contributed by atoms with Crippen LogP contribution in [0.25, 0.3) is 0 Å². The molecule has 0 aliphatic heterocycles. The summed E-state index contributed by atoms with van der Waals surface area (Å²) in [5.74, 6) is 1.75. The number of aliphatic carboxylic acids is 1. The van der Waals surface area contributed by atoms with Crippen molar-refractivity contribution in [1.82, 2.24) is 0 Å². The number of hydrogen-bond donors (Lipinski definition) is 1. The van der Waals surface area contributed by atoms with E-state index in [1.807, 2.05) is 0 Å². The molecule has 1 fully saturated rings. The third-order valence-electron chi connectivity index (χ3n) is 3.97. The molecule has 0 radical (unpaired) electrons. The highest BCUT2D eigenvalue weighted by molar-refractivity contribution is 5.85. The molecule has 0 spiro atoms. The fraction of sp³-hybridized carbons (Fsp3) is 0.786. The van der Waals surface area contributed by atoms with Gasteiger partial charge in [-0.3, -0.25) is 0 Å². The maximum atomic E-state index is 10.8. The first kappa shape index (κ1) is 13.3. The van der Waals surface area contributed by atoms with Gasteiger partial charge < -0.3 is 5.11 Å². The fourth-order valence-corrected chi connectivity index (χ4v) is 3.04. The Kier molecular flexibility index (Phi) is 4.57. The lowest BCUT2D eigenvalue weighted by atomic mass is 9.68. The Hall–Kier alpha value is -0.790. The standard InChI is InChI=1S/C14H24O2/c1-9(2)13-6-5-10(3)7-12(13)8-11(4)14(15)16/h9-10,12-13H,4-8H2,1-3H3,(H,15,16). The first-order chi connectivity index (χ1) is 7.41. The molecule has 92 valence electrons. The van der Waals surface area contributed by atoms with Gasteiger partial charge in [-0.25, -0.2) is 4.79 Å². The Morgan fingerprint density at radius 1 is 1.44 bits per heavy atom. The Morgan fingerprint density at radius 3 is 2.56 bits per heavy atom. The van der Waals surface area contributed by atoms with Crippen LogP contribution < -0.4 is 0 Å². The lowest BCUT2D eigenvalue weighted by molar-refractivity contribution is -0.133. The summed E-state index contributed by atoms with van der Waals surface area (Å²) in [5, 5.41) is 8.90. The highest BCUT2D eigenvalue weighted by atomic mass is 16.4. The van der Waals surface area contributed by atoms with E-state index in [9.17, 15) is 4.79 Å². The van der Waals surface area contributed by atoms with E-state index in [4.69, 9.17) is 5.11 Å². The highest BCUT2D eigenvalue weighted by Crippen LogP contribution is 2.40. The van der Waals surface area contributed by atoms with Crippen molar-refractivity contribution in [2.75, 3.05) is 0 Å². The van der Waals surface area contributed by atoms with E-state index in [0.29, 0.717) is 29.7 Å². The van der Waals surface area contributed by atoms with Crippen molar-refractivity contribution < 1.29 is 9.90 Å². The zero-order chi connectivity index (χ0) is 12.3. The molecule has 0 heterocycles. The van der Waals surface area contributed by atoms with Gasteiger partial charge in [0, 0.05) is 5.57 Å². The molecule has 2 nitrogen and oxygen atoms in total. The summed E-state index contributed by atoms with van der Waals surface area (Å²) in [5.41, 5.74) is 0.379. The van der Waals surface area contributed by atoms with Gasteiger partial charge in [-0.1, -0.05) is 33.8 Å². The molecule has 0 saturated heterocycles. The van der Waals surface area contributed by atoms with E-state index in [1.54, 1.807) is 0 Å². The number of carbonyl (C=O) groups is 1. The summed E-state index contributed by atoms with van der Waals surface area (Å²) >= 11 is 0. The van der Waals surface area contributed by atoms with Crippen molar-refractivity contribution in [3.05, 3.63) is 12.2 Å². The zero-order valence-electron chi connectivity index (χ0n) is 10.7. The predicted octanol–water partition coefficient (Wildman–Crippen LogP) is 3.73. The van der Waals surface area contributed by atoms with E-state index < -0.39 is 5.97 Å². The van der Waals surface area contributed by atoms with Gasteiger partial charge in [0.2, 0.25) is 0 Å². The van der Waals surface area contributed by atoms with Crippen LogP contribution in [-0.2, 0) is 4.79 Å². The lowest BCUT2D eigenvalue weighted by Crippen LogP contribution is -2.28. The van der Waals surface area contributed by atoms with Crippen LogP contribution in [0.15, 0.2) is 12.2 Å². The summed E-state index contributed by atoms with van der Waals surface area (Å²) in [7, 11) is 0. The molecular formula is C14H24O2. The molecule has 1 rings (SSSR count). The zero-order valence-corrected chi connectivity index (χ0v) is 10.7. The van der Waals surface area contributed by atoms with Gasteiger partial charge in [0.15, 0.2) is 0 Å². The van der Waals surface area contributed by atoms with Gasteiger partial charge in [-0.05, 0) is 42.9 Å². The minimum absolute atomic E-state index is 0.379. The Bertz CT molecular complexity index is 268. The van der Waals surface area contributed by atoms with Gasteiger partial charge in [-0.15, -0.1) is 0 Å². The minimum Gasteiger partial charge on any atom is -0.478 e. The topological polar surface area (TPSA) is 37.3 Å². The normalized spacial score (nSPS) is 30.4. The number of carboxylic acid groups (broad SMARTS) is 1. The Morgan fingerprint density at radius 2 is 2.06 bits per heavy atom. The van der Waals surface area contributed by atoms with Gasteiger partial charge in [-0.2, -0.15) is 0 Å². The van der Waals surface area contributed by atoms with Crippen LogP contribution >= 0.6 is 0 Å². The van der Waals surface area contributed by atoms with E-state index in [-0.39, 0.29) is 0 Å². The average Bonchev–Trinajstić information content (AvgIpc) is 2.16. The molecule has 0 amide bonds. The molecule has 1 saturated carbocycles. The lowest BCUT2D eigenvalue weighted by Gasteiger charge is -2.37. The van der Waals surface area contributed by atoms with Crippen LogP contribution in [0.4, 0.5) is 0 Å². The van der Waals surface area contributed by atoms with Gasteiger partial charge in [0.05, 0.1) is 0 Å². The van der Waals surface area contributed by atoms with Crippen molar-refractivity contribution in [3.63, 3.8) is 0 Å². The maximum absolute atomic E-state index is 10.8. The van der Waals surface area contributed by atoms with Crippen LogP contribution in [0, 0.1) is 23.7 Å². The number of hydrogen-bond acceptors (Lipinski definition) is 1. The largest absolute Gasteiger partial charge is 0.478 e. The highest BCUT2D eigenvalue weighted by Gasteiger charge is 2.31. The van der Waals surface area contributed by atoms with E-state index in [0.717, 1.165) is 12.3 Å². The number of rotatable bonds is 4. The van der Waals surface area contributed by atoms with Gasteiger partial charge in [0.25, 0.3) is 0 Å². The van der Waals surface area contributed by atoms with Crippen molar-refractivity contribution in [2.24, 2.45) is 23.7 Å². The van der Waals surface area contributed by atoms with Crippen molar-refractivity contribution in [1.29, 1.82) is 0 Å². The predicted molar refractivity (Wildman–Crippen MR) is 66.2 cm³/mol. The molecule has 1 aliphatic carbocycles.